The van der Waals surface area contributed by atoms with Crippen molar-refractivity contribution in [1.82, 2.24) is 14.7 Å². The van der Waals surface area contributed by atoms with Gasteiger partial charge in [-0.2, -0.15) is 4.98 Å². The van der Waals surface area contributed by atoms with Crippen LogP contribution < -0.4 is 10.9 Å². The highest BCUT2D eigenvalue weighted by Crippen LogP contribution is 2.10. The van der Waals surface area contributed by atoms with E-state index in [1.54, 1.807) is 18.2 Å². The van der Waals surface area contributed by atoms with E-state index in [9.17, 15) is 14.7 Å². The summed E-state index contributed by atoms with van der Waals surface area (Å²) in [5.41, 5.74) is -0.854. The second-order valence-electron chi connectivity index (χ2n) is 4.10. The van der Waals surface area contributed by atoms with Crippen LogP contribution >= 0.6 is 0 Å². The Balaban J connectivity index is 2.49. The number of aliphatic hydroxyl groups excluding tert-OH is 1. The molecule has 2 aromatic rings. The van der Waals surface area contributed by atoms with Crippen LogP contribution in [0.4, 0.5) is 0 Å². The van der Waals surface area contributed by atoms with Crippen LogP contribution in [0.2, 0.25) is 0 Å². The van der Waals surface area contributed by atoms with E-state index in [0.29, 0.717) is 0 Å². The topological polar surface area (TPSA) is 104 Å². The van der Waals surface area contributed by atoms with Gasteiger partial charge in [0, 0.05) is 12.7 Å². The standard InChI is InChI=1S/C12H13N3O4/c1-7(16)6-13-10(17)9-11(18)14-8-4-2-3-5-15(8)12(9)19/h2-5,7,16,18H,6H2,1H3,(H,13,17)/t7-/m0/s1. The number of amides is 1. The molecule has 1 atom stereocenters. The summed E-state index contributed by atoms with van der Waals surface area (Å²) in [5, 5.41) is 21.1. The van der Waals surface area contributed by atoms with Gasteiger partial charge >= 0.3 is 0 Å². The van der Waals surface area contributed by atoms with Crippen LogP contribution in [0.25, 0.3) is 5.65 Å². The maximum absolute atomic E-state index is 12.1. The monoisotopic (exact) mass is 263 g/mol. The Morgan fingerprint density at radius 1 is 1.53 bits per heavy atom. The van der Waals surface area contributed by atoms with Gasteiger partial charge in [0.2, 0.25) is 5.88 Å². The Hall–Kier alpha value is -2.41. The molecule has 7 heteroatoms. The fourth-order valence-electron chi connectivity index (χ4n) is 1.60. The maximum Gasteiger partial charge on any atom is 0.274 e. The van der Waals surface area contributed by atoms with Crippen molar-refractivity contribution in [2.24, 2.45) is 0 Å². The van der Waals surface area contributed by atoms with Gasteiger partial charge < -0.3 is 15.5 Å². The normalized spacial score (nSPS) is 12.3. The van der Waals surface area contributed by atoms with Gasteiger partial charge in [0.05, 0.1) is 6.10 Å². The lowest BCUT2D eigenvalue weighted by atomic mass is 10.2. The lowest BCUT2D eigenvalue weighted by Gasteiger charge is -2.08. The Labute approximate surface area is 108 Å². The minimum Gasteiger partial charge on any atom is -0.493 e. The van der Waals surface area contributed by atoms with E-state index < -0.39 is 29.0 Å². The molecule has 0 fully saturated rings. The smallest absolute Gasteiger partial charge is 0.274 e. The number of nitrogens with one attached hydrogen (secondary N) is 1. The summed E-state index contributed by atoms with van der Waals surface area (Å²) in [7, 11) is 0. The first-order valence-electron chi connectivity index (χ1n) is 5.67. The van der Waals surface area contributed by atoms with Crippen LogP contribution in [0.5, 0.6) is 5.88 Å². The third-order valence-corrected chi connectivity index (χ3v) is 2.50. The first-order chi connectivity index (χ1) is 9.00. The van der Waals surface area contributed by atoms with Crippen LogP contribution in [-0.2, 0) is 0 Å². The number of pyridine rings is 1. The van der Waals surface area contributed by atoms with Crippen molar-refractivity contribution in [3.63, 3.8) is 0 Å². The molecule has 2 rings (SSSR count). The number of rotatable bonds is 3. The third-order valence-electron chi connectivity index (χ3n) is 2.50. The summed E-state index contributed by atoms with van der Waals surface area (Å²) in [4.78, 5) is 27.7. The zero-order chi connectivity index (χ0) is 14.0. The van der Waals surface area contributed by atoms with E-state index in [1.165, 1.54) is 13.1 Å². The maximum atomic E-state index is 12.1. The molecule has 2 aromatic heterocycles. The van der Waals surface area contributed by atoms with Gasteiger partial charge in [-0.25, -0.2) is 0 Å². The lowest BCUT2D eigenvalue weighted by Crippen LogP contribution is -2.35. The van der Waals surface area contributed by atoms with Crippen molar-refractivity contribution in [1.29, 1.82) is 0 Å². The van der Waals surface area contributed by atoms with Gasteiger partial charge in [0.1, 0.15) is 5.65 Å². The molecular formula is C12H13N3O4. The number of aromatic hydroxyl groups is 1. The molecule has 19 heavy (non-hydrogen) atoms. The second-order valence-corrected chi connectivity index (χ2v) is 4.10. The molecule has 7 nitrogen and oxygen atoms in total. The third kappa shape index (κ3) is 2.55. The number of aliphatic hydroxyl groups is 1. The second kappa shape index (κ2) is 5.07. The fraction of sp³-hybridized carbons (Fsp3) is 0.250. The van der Waals surface area contributed by atoms with E-state index in [4.69, 9.17) is 5.11 Å². The SMILES string of the molecule is C[C@H](O)CNC(=O)c1c(O)nc2ccccn2c1=O. The molecule has 3 N–H and O–H groups in total. The van der Waals surface area contributed by atoms with Crippen LogP contribution in [0.1, 0.15) is 17.3 Å². The Kier molecular flexibility index (Phi) is 3.48. The van der Waals surface area contributed by atoms with E-state index in [0.717, 1.165) is 4.40 Å². The fourth-order valence-corrected chi connectivity index (χ4v) is 1.60. The molecule has 100 valence electrons. The van der Waals surface area contributed by atoms with E-state index >= 15 is 0 Å². The van der Waals surface area contributed by atoms with Crippen molar-refractivity contribution >= 4 is 11.6 Å². The molecule has 0 spiro atoms. The number of aromatic nitrogens is 2. The van der Waals surface area contributed by atoms with Gasteiger partial charge in [0.25, 0.3) is 11.5 Å². The van der Waals surface area contributed by atoms with Gasteiger partial charge in [-0.3, -0.25) is 14.0 Å². The molecular weight excluding hydrogens is 250 g/mol. The predicted octanol–water partition coefficient (Wildman–Crippen LogP) is -0.489. The lowest BCUT2D eigenvalue weighted by molar-refractivity contribution is 0.0919. The molecule has 0 saturated carbocycles. The van der Waals surface area contributed by atoms with Gasteiger partial charge in [0.15, 0.2) is 5.56 Å². The molecule has 0 aliphatic rings. The first-order valence-corrected chi connectivity index (χ1v) is 5.67. The molecule has 0 bridgehead atoms. The number of carbonyl (C=O) groups is 1. The summed E-state index contributed by atoms with van der Waals surface area (Å²) in [5.74, 6) is -1.39. The molecule has 0 aromatic carbocycles. The minimum atomic E-state index is -0.769. The minimum absolute atomic E-state index is 0.0186. The number of nitrogens with zero attached hydrogens (tertiary/aromatic N) is 2. The predicted molar refractivity (Wildman–Crippen MR) is 67.1 cm³/mol. The van der Waals surface area contributed by atoms with E-state index in [-0.39, 0.29) is 12.2 Å². The van der Waals surface area contributed by atoms with Crippen molar-refractivity contribution in [2.45, 2.75) is 13.0 Å². The molecule has 0 aliphatic carbocycles. The van der Waals surface area contributed by atoms with Crippen molar-refractivity contribution < 1.29 is 15.0 Å². The number of hydrogen-bond acceptors (Lipinski definition) is 5. The first kappa shape index (κ1) is 13.0. The Morgan fingerprint density at radius 2 is 2.26 bits per heavy atom. The zero-order valence-electron chi connectivity index (χ0n) is 10.2. The average Bonchev–Trinajstić information content (AvgIpc) is 2.36. The number of fused-ring (bicyclic) bond motifs is 1. The summed E-state index contributed by atoms with van der Waals surface area (Å²) in [6, 6.07) is 4.82. The highest BCUT2D eigenvalue weighted by atomic mass is 16.3. The van der Waals surface area contributed by atoms with E-state index in [2.05, 4.69) is 10.3 Å². The summed E-state index contributed by atoms with van der Waals surface area (Å²) < 4.78 is 1.16. The van der Waals surface area contributed by atoms with Crippen molar-refractivity contribution in [3.8, 4) is 5.88 Å². The average molecular weight is 263 g/mol. The molecule has 0 saturated heterocycles. The zero-order valence-corrected chi connectivity index (χ0v) is 10.2. The van der Waals surface area contributed by atoms with E-state index in [1.807, 2.05) is 0 Å². The highest BCUT2D eigenvalue weighted by Gasteiger charge is 2.19. The quantitative estimate of drug-likeness (QED) is 0.693. The van der Waals surface area contributed by atoms with Crippen LogP contribution in [-0.4, -0.2) is 38.2 Å². The van der Waals surface area contributed by atoms with Crippen LogP contribution in [0.3, 0.4) is 0 Å². The molecule has 2 heterocycles. The van der Waals surface area contributed by atoms with Gasteiger partial charge in [-0.05, 0) is 19.1 Å². The van der Waals surface area contributed by atoms with Gasteiger partial charge in [-0.1, -0.05) is 6.07 Å². The Bertz CT molecular complexity index is 678. The largest absolute Gasteiger partial charge is 0.493 e. The molecule has 0 unspecified atom stereocenters. The molecule has 0 radical (unpaired) electrons. The summed E-state index contributed by atoms with van der Waals surface area (Å²) in [6.45, 7) is 1.47. The number of hydrogen-bond donors (Lipinski definition) is 3. The van der Waals surface area contributed by atoms with Crippen LogP contribution in [0, 0.1) is 0 Å². The molecule has 0 aliphatic heterocycles. The molecule has 1 amide bonds. The summed E-state index contributed by atoms with van der Waals surface area (Å²) in [6.07, 6.45) is 0.706. The summed E-state index contributed by atoms with van der Waals surface area (Å²) >= 11 is 0. The number of carbonyl (C=O) groups excluding carboxylic acids is 1. The van der Waals surface area contributed by atoms with Crippen molar-refractivity contribution in [3.05, 3.63) is 40.3 Å². The van der Waals surface area contributed by atoms with Crippen molar-refractivity contribution in [2.75, 3.05) is 6.54 Å². The van der Waals surface area contributed by atoms with Gasteiger partial charge in [-0.15, -0.1) is 0 Å². The highest BCUT2D eigenvalue weighted by molar-refractivity contribution is 5.96. The van der Waals surface area contributed by atoms with Crippen LogP contribution in [0.15, 0.2) is 29.2 Å². The Morgan fingerprint density at radius 3 is 2.95 bits per heavy atom.